The number of nitrogens with one attached hydrogen (secondary N) is 2. The molecule has 4 rings (SSSR count). The number of carbonyl (C=O) groups excluding carboxylic acids is 3. The lowest BCUT2D eigenvalue weighted by atomic mass is 10.1. The molecule has 0 spiro atoms. The smallest absolute Gasteiger partial charge is 0.253 e. The van der Waals surface area contributed by atoms with Crippen LogP contribution in [-0.2, 0) is 9.59 Å². The first-order chi connectivity index (χ1) is 13.9. The van der Waals surface area contributed by atoms with E-state index in [0.717, 1.165) is 29.7 Å². The maximum atomic E-state index is 12.9. The van der Waals surface area contributed by atoms with Crippen LogP contribution >= 0.6 is 0 Å². The Hall–Kier alpha value is -3.15. The van der Waals surface area contributed by atoms with Gasteiger partial charge in [0.25, 0.3) is 5.91 Å². The number of carbonyl (C=O) groups is 3. The first kappa shape index (κ1) is 19.2. The van der Waals surface area contributed by atoms with E-state index in [1.807, 2.05) is 32.0 Å². The summed E-state index contributed by atoms with van der Waals surface area (Å²) in [6, 6.07) is 13.1. The number of rotatable bonds is 5. The fraction of sp³-hybridized carbons (Fsp3) is 0.348. The average Bonchev–Trinajstić information content (AvgIpc) is 3.43. The Morgan fingerprint density at radius 3 is 2.55 bits per heavy atom. The molecular formula is C23H25N3O3. The number of amides is 3. The molecule has 1 atom stereocenters. The van der Waals surface area contributed by atoms with Crippen LogP contribution in [0.3, 0.4) is 0 Å². The van der Waals surface area contributed by atoms with Gasteiger partial charge in [0, 0.05) is 24.7 Å². The van der Waals surface area contributed by atoms with Gasteiger partial charge in [-0.2, -0.15) is 0 Å². The molecule has 0 bridgehead atoms. The molecule has 1 heterocycles. The van der Waals surface area contributed by atoms with Gasteiger partial charge in [0.2, 0.25) is 11.8 Å². The SMILES string of the molecule is Cc1cccc(N2C[C@H](C(=O)Nc3ccccc3C(=O)NC3CC3)CC2=O)c1C. The van der Waals surface area contributed by atoms with Gasteiger partial charge in [-0.3, -0.25) is 14.4 Å². The Morgan fingerprint density at radius 1 is 1.03 bits per heavy atom. The highest BCUT2D eigenvalue weighted by molar-refractivity contribution is 6.07. The summed E-state index contributed by atoms with van der Waals surface area (Å²) in [6.45, 7) is 4.33. The van der Waals surface area contributed by atoms with Crippen molar-refractivity contribution in [3.05, 3.63) is 59.2 Å². The fourth-order valence-corrected chi connectivity index (χ4v) is 3.66. The van der Waals surface area contributed by atoms with Gasteiger partial charge >= 0.3 is 0 Å². The molecule has 6 nitrogen and oxygen atoms in total. The Labute approximate surface area is 170 Å². The molecule has 1 aliphatic heterocycles. The Kier molecular flexibility index (Phi) is 5.09. The van der Waals surface area contributed by atoms with Gasteiger partial charge in [0.05, 0.1) is 17.2 Å². The summed E-state index contributed by atoms with van der Waals surface area (Å²) in [4.78, 5) is 39.6. The van der Waals surface area contributed by atoms with E-state index in [1.165, 1.54) is 0 Å². The minimum Gasteiger partial charge on any atom is -0.349 e. The molecule has 3 amide bonds. The minimum atomic E-state index is -0.457. The largest absolute Gasteiger partial charge is 0.349 e. The van der Waals surface area contributed by atoms with Gasteiger partial charge in [-0.15, -0.1) is 0 Å². The second-order valence-corrected chi connectivity index (χ2v) is 7.91. The van der Waals surface area contributed by atoms with E-state index in [-0.39, 0.29) is 30.2 Å². The van der Waals surface area contributed by atoms with Crippen molar-refractivity contribution in [1.82, 2.24) is 5.32 Å². The third-order valence-corrected chi connectivity index (χ3v) is 5.70. The second kappa shape index (κ2) is 7.70. The van der Waals surface area contributed by atoms with Crippen molar-refractivity contribution in [3.8, 4) is 0 Å². The van der Waals surface area contributed by atoms with Gasteiger partial charge in [-0.1, -0.05) is 24.3 Å². The van der Waals surface area contributed by atoms with Crippen molar-refractivity contribution in [1.29, 1.82) is 0 Å². The summed E-state index contributed by atoms with van der Waals surface area (Å²) in [5, 5.41) is 5.81. The quantitative estimate of drug-likeness (QED) is 0.822. The molecule has 1 saturated carbocycles. The molecule has 0 unspecified atom stereocenters. The molecule has 2 N–H and O–H groups in total. The summed E-state index contributed by atoms with van der Waals surface area (Å²) in [5.74, 6) is -0.929. The molecule has 150 valence electrons. The van der Waals surface area contributed by atoms with E-state index in [2.05, 4.69) is 10.6 Å². The molecule has 2 aromatic carbocycles. The average molecular weight is 391 g/mol. The monoisotopic (exact) mass is 391 g/mol. The highest BCUT2D eigenvalue weighted by Crippen LogP contribution is 2.30. The van der Waals surface area contributed by atoms with Crippen LogP contribution in [0.25, 0.3) is 0 Å². The normalized spacial score (nSPS) is 18.6. The van der Waals surface area contributed by atoms with E-state index in [9.17, 15) is 14.4 Å². The van der Waals surface area contributed by atoms with Crippen molar-refractivity contribution >= 4 is 29.1 Å². The minimum absolute atomic E-state index is 0.0568. The standard InChI is InChI=1S/C23H25N3O3/c1-14-6-5-9-20(15(14)2)26-13-16(12-21(26)27)22(28)25-19-8-4-3-7-18(19)23(29)24-17-10-11-17/h3-9,16-17H,10-13H2,1-2H3,(H,24,29)(H,25,28)/t16-/m1/s1. The Balaban J connectivity index is 1.48. The summed E-state index contributed by atoms with van der Waals surface area (Å²) < 4.78 is 0. The zero-order chi connectivity index (χ0) is 20.5. The zero-order valence-corrected chi connectivity index (χ0v) is 16.7. The Morgan fingerprint density at radius 2 is 1.79 bits per heavy atom. The lowest BCUT2D eigenvalue weighted by Crippen LogP contribution is -2.30. The molecule has 1 aliphatic carbocycles. The van der Waals surface area contributed by atoms with E-state index in [1.54, 1.807) is 29.2 Å². The number of hydrogen-bond donors (Lipinski definition) is 2. The van der Waals surface area contributed by atoms with Crippen molar-refractivity contribution in [2.45, 2.75) is 39.2 Å². The van der Waals surface area contributed by atoms with Gasteiger partial charge < -0.3 is 15.5 Å². The van der Waals surface area contributed by atoms with Gasteiger partial charge in [0.1, 0.15) is 0 Å². The third-order valence-electron chi connectivity index (χ3n) is 5.70. The molecule has 6 heteroatoms. The van der Waals surface area contributed by atoms with Crippen molar-refractivity contribution in [3.63, 3.8) is 0 Å². The lowest BCUT2D eigenvalue weighted by Gasteiger charge is -2.20. The molecule has 29 heavy (non-hydrogen) atoms. The predicted molar refractivity (Wildman–Crippen MR) is 112 cm³/mol. The molecule has 0 aromatic heterocycles. The summed E-state index contributed by atoms with van der Waals surface area (Å²) >= 11 is 0. The van der Waals surface area contributed by atoms with Crippen LogP contribution in [0.4, 0.5) is 11.4 Å². The first-order valence-electron chi connectivity index (χ1n) is 10.0. The van der Waals surface area contributed by atoms with E-state index >= 15 is 0 Å². The molecule has 2 fully saturated rings. The molecule has 2 aromatic rings. The summed E-state index contributed by atoms with van der Waals surface area (Å²) in [6.07, 6.45) is 2.16. The van der Waals surface area contributed by atoms with E-state index in [0.29, 0.717) is 17.8 Å². The van der Waals surface area contributed by atoms with E-state index < -0.39 is 5.92 Å². The maximum absolute atomic E-state index is 12.9. The zero-order valence-electron chi connectivity index (χ0n) is 16.7. The van der Waals surface area contributed by atoms with Crippen LogP contribution in [0.1, 0.15) is 40.7 Å². The van der Waals surface area contributed by atoms with Gasteiger partial charge in [0.15, 0.2) is 0 Å². The second-order valence-electron chi connectivity index (χ2n) is 7.91. The highest BCUT2D eigenvalue weighted by atomic mass is 16.2. The van der Waals surface area contributed by atoms with Gasteiger partial charge in [-0.05, 0) is 56.0 Å². The van der Waals surface area contributed by atoms with Crippen LogP contribution in [0.2, 0.25) is 0 Å². The number of nitrogens with zero attached hydrogens (tertiary/aromatic N) is 1. The van der Waals surface area contributed by atoms with Crippen LogP contribution in [0.5, 0.6) is 0 Å². The predicted octanol–water partition coefficient (Wildman–Crippen LogP) is 3.19. The van der Waals surface area contributed by atoms with Crippen molar-refractivity contribution in [2.24, 2.45) is 5.92 Å². The fourth-order valence-electron chi connectivity index (χ4n) is 3.66. The van der Waals surface area contributed by atoms with Crippen LogP contribution < -0.4 is 15.5 Å². The number of hydrogen-bond acceptors (Lipinski definition) is 3. The number of anilines is 2. The molecule has 0 radical (unpaired) electrons. The molecule has 1 saturated heterocycles. The van der Waals surface area contributed by atoms with E-state index in [4.69, 9.17) is 0 Å². The number of para-hydroxylation sites is 1. The Bertz CT molecular complexity index is 981. The van der Waals surface area contributed by atoms with Crippen LogP contribution in [0.15, 0.2) is 42.5 Å². The number of aryl methyl sites for hydroxylation is 1. The third kappa shape index (κ3) is 4.01. The first-order valence-corrected chi connectivity index (χ1v) is 10.0. The van der Waals surface area contributed by atoms with Crippen LogP contribution in [-0.4, -0.2) is 30.3 Å². The van der Waals surface area contributed by atoms with Gasteiger partial charge in [-0.25, -0.2) is 0 Å². The number of benzene rings is 2. The highest BCUT2D eigenvalue weighted by Gasteiger charge is 2.36. The van der Waals surface area contributed by atoms with Crippen LogP contribution in [0, 0.1) is 19.8 Å². The summed E-state index contributed by atoms with van der Waals surface area (Å²) in [7, 11) is 0. The summed E-state index contributed by atoms with van der Waals surface area (Å²) in [5.41, 5.74) is 3.94. The topological polar surface area (TPSA) is 78.5 Å². The molecule has 2 aliphatic rings. The molecular weight excluding hydrogens is 366 g/mol. The van der Waals surface area contributed by atoms with Crippen molar-refractivity contribution < 1.29 is 14.4 Å². The lowest BCUT2D eigenvalue weighted by molar-refractivity contribution is -0.122. The van der Waals surface area contributed by atoms with Crippen molar-refractivity contribution in [2.75, 3.05) is 16.8 Å². The maximum Gasteiger partial charge on any atom is 0.253 e.